The molecule has 3 rings (SSSR count). The van der Waals surface area contributed by atoms with Crippen LogP contribution < -0.4 is 5.32 Å². The quantitative estimate of drug-likeness (QED) is 0.572. The van der Waals surface area contributed by atoms with Crippen LogP contribution in [-0.2, 0) is 11.3 Å². The zero-order valence-corrected chi connectivity index (χ0v) is 18.7. The summed E-state index contributed by atoms with van der Waals surface area (Å²) in [6.07, 6.45) is 2.70. The first-order chi connectivity index (χ1) is 13.9. The first-order valence-corrected chi connectivity index (χ1v) is 11.2. The van der Waals surface area contributed by atoms with Gasteiger partial charge in [-0.2, -0.15) is 0 Å². The minimum atomic E-state index is 0.0744. The maximum absolute atomic E-state index is 13.0. The molecule has 2 aromatic carbocycles. The monoisotopic (exact) mass is 432 g/mol. The zero-order valence-electron chi connectivity index (χ0n) is 17.2. The lowest BCUT2D eigenvalue weighted by Crippen LogP contribution is -2.41. The van der Waals surface area contributed by atoms with Gasteiger partial charge in [0.05, 0.1) is 6.04 Å². The molecule has 0 saturated carbocycles. The van der Waals surface area contributed by atoms with Crippen LogP contribution >= 0.6 is 23.2 Å². The Balaban J connectivity index is 1.54. The molecule has 1 N–H and O–H groups in total. The second kappa shape index (κ2) is 10.5. The van der Waals surface area contributed by atoms with E-state index >= 15 is 0 Å². The smallest absolute Gasteiger partial charge is 0.223 e. The maximum Gasteiger partial charge on any atom is 0.223 e. The van der Waals surface area contributed by atoms with Gasteiger partial charge in [-0.25, -0.2) is 0 Å². The third kappa shape index (κ3) is 6.47. The van der Waals surface area contributed by atoms with Crippen LogP contribution in [-0.4, -0.2) is 23.9 Å². The topological polar surface area (TPSA) is 32.3 Å². The van der Waals surface area contributed by atoms with E-state index in [-0.39, 0.29) is 17.9 Å². The third-order valence-corrected chi connectivity index (χ3v) is 6.18. The van der Waals surface area contributed by atoms with Crippen LogP contribution in [0, 0.1) is 11.8 Å². The fraction of sp³-hybridized carbons (Fsp3) is 0.458. The van der Waals surface area contributed by atoms with Crippen molar-refractivity contribution in [3.05, 3.63) is 69.7 Å². The van der Waals surface area contributed by atoms with E-state index in [0.29, 0.717) is 16.0 Å². The molecule has 1 aliphatic heterocycles. The number of likely N-dealkylation sites (tertiary alicyclic amines) is 1. The van der Waals surface area contributed by atoms with E-state index in [9.17, 15) is 4.79 Å². The molecule has 1 aliphatic rings. The highest BCUT2D eigenvalue weighted by atomic mass is 35.5. The Morgan fingerprint density at radius 1 is 1.10 bits per heavy atom. The highest BCUT2D eigenvalue weighted by Gasteiger charge is 2.27. The maximum atomic E-state index is 13.0. The number of amides is 1. The minimum Gasteiger partial charge on any atom is -0.349 e. The summed E-state index contributed by atoms with van der Waals surface area (Å²) in [6, 6.07) is 16.0. The van der Waals surface area contributed by atoms with Crippen molar-refractivity contribution in [2.45, 2.75) is 45.7 Å². The summed E-state index contributed by atoms with van der Waals surface area (Å²) in [6.45, 7) is 6.99. The van der Waals surface area contributed by atoms with Gasteiger partial charge in [-0.3, -0.25) is 9.69 Å². The molecule has 5 heteroatoms. The average Bonchev–Trinajstić information content (AvgIpc) is 2.70. The molecule has 1 unspecified atom stereocenters. The molecule has 29 heavy (non-hydrogen) atoms. The van der Waals surface area contributed by atoms with Gasteiger partial charge in [0.2, 0.25) is 5.91 Å². The Bertz CT molecular complexity index is 802. The number of nitrogens with one attached hydrogen (secondary N) is 1. The second-order valence-electron chi connectivity index (χ2n) is 8.39. The zero-order chi connectivity index (χ0) is 20.8. The number of halogens is 2. The molecular weight excluding hydrogens is 403 g/mol. The molecule has 1 fully saturated rings. The molecule has 0 aliphatic carbocycles. The highest BCUT2D eigenvalue weighted by molar-refractivity contribution is 6.35. The van der Waals surface area contributed by atoms with E-state index in [0.717, 1.165) is 44.5 Å². The van der Waals surface area contributed by atoms with Gasteiger partial charge in [0.25, 0.3) is 0 Å². The molecule has 3 nitrogen and oxygen atoms in total. The summed E-state index contributed by atoms with van der Waals surface area (Å²) in [5.74, 6) is 0.778. The number of hydrogen-bond donors (Lipinski definition) is 1. The van der Waals surface area contributed by atoms with Crippen molar-refractivity contribution in [1.82, 2.24) is 10.2 Å². The predicted octanol–water partition coefficient (Wildman–Crippen LogP) is 6.11. The van der Waals surface area contributed by atoms with Crippen LogP contribution in [0.15, 0.2) is 48.5 Å². The van der Waals surface area contributed by atoms with Gasteiger partial charge in [0, 0.05) is 22.5 Å². The van der Waals surface area contributed by atoms with Crippen LogP contribution in [0.3, 0.4) is 0 Å². The van der Waals surface area contributed by atoms with E-state index in [1.54, 1.807) is 6.07 Å². The van der Waals surface area contributed by atoms with Crippen molar-refractivity contribution in [3.63, 3.8) is 0 Å². The lowest BCUT2D eigenvalue weighted by atomic mass is 9.92. The first kappa shape index (κ1) is 22.1. The number of hydrogen-bond acceptors (Lipinski definition) is 2. The van der Waals surface area contributed by atoms with E-state index in [1.165, 1.54) is 5.56 Å². The van der Waals surface area contributed by atoms with Crippen molar-refractivity contribution >= 4 is 29.1 Å². The number of benzene rings is 2. The Kier molecular flexibility index (Phi) is 7.99. The summed E-state index contributed by atoms with van der Waals surface area (Å²) in [5.41, 5.74) is 2.27. The largest absolute Gasteiger partial charge is 0.349 e. The molecule has 1 amide bonds. The number of rotatable bonds is 7. The van der Waals surface area contributed by atoms with Crippen molar-refractivity contribution < 1.29 is 4.79 Å². The Morgan fingerprint density at radius 3 is 2.41 bits per heavy atom. The van der Waals surface area contributed by atoms with Gasteiger partial charge in [-0.05, 0) is 61.5 Å². The Labute approximate surface area is 184 Å². The van der Waals surface area contributed by atoms with E-state index in [2.05, 4.69) is 36.2 Å². The second-order valence-corrected chi connectivity index (χ2v) is 9.23. The molecule has 0 aromatic heterocycles. The summed E-state index contributed by atoms with van der Waals surface area (Å²) in [5, 5.41) is 4.68. The van der Waals surface area contributed by atoms with Crippen LogP contribution in [0.1, 0.15) is 50.3 Å². The average molecular weight is 433 g/mol. The lowest BCUT2D eigenvalue weighted by molar-refractivity contribution is -0.127. The van der Waals surface area contributed by atoms with Gasteiger partial charge in [-0.1, -0.05) is 73.4 Å². The van der Waals surface area contributed by atoms with Crippen LogP contribution in [0.4, 0.5) is 0 Å². The first-order valence-electron chi connectivity index (χ1n) is 10.4. The Hall–Kier alpha value is -1.55. The summed E-state index contributed by atoms with van der Waals surface area (Å²) in [7, 11) is 0. The highest BCUT2D eigenvalue weighted by Crippen LogP contribution is 2.26. The molecule has 0 spiro atoms. The van der Waals surface area contributed by atoms with Crippen LogP contribution in [0.5, 0.6) is 0 Å². The molecule has 156 valence electrons. The summed E-state index contributed by atoms with van der Waals surface area (Å²) in [4.78, 5) is 15.3. The molecule has 2 aromatic rings. The molecule has 0 bridgehead atoms. The number of piperidine rings is 1. The SMILES string of the molecule is CC(C)CC(NC(=O)C1CCN(Cc2ccc(Cl)cc2Cl)CC1)c1ccccc1. The lowest BCUT2D eigenvalue weighted by Gasteiger charge is -2.32. The van der Waals surface area contributed by atoms with E-state index < -0.39 is 0 Å². The fourth-order valence-electron chi connectivity index (χ4n) is 3.97. The number of nitrogens with zero attached hydrogens (tertiary/aromatic N) is 1. The van der Waals surface area contributed by atoms with Gasteiger partial charge in [0.15, 0.2) is 0 Å². The van der Waals surface area contributed by atoms with Gasteiger partial charge < -0.3 is 5.32 Å². The molecule has 0 radical (unpaired) electrons. The molecular formula is C24H30Cl2N2O. The third-order valence-electron chi connectivity index (χ3n) is 5.59. The van der Waals surface area contributed by atoms with Crippen LogP contribution in [0.25, 0.3) is 0 Å². The van der Waals surface area contributed by atoms with Crippen molar-refractivity contribution in [1.29, 1.82) is 0 Å². The van der Waals surface area contributed by atoms with Crippen molar-refractivity contribution in [3.8, 4) is 0 Å². The van der Waals surface area contributed by atoms with Crippen molar-refractivity contribution in [2.24, 2.45) is 11.8 Å². The minimum absolute atomic E-state index is 0.0744. The number of carbonyl (C=O) groups is 1. The summed E-state index contributed by atoms with van der Waals surface area (Å²) >= 11 is 12.3. The van der Waals surface area contributed by atoms with Gasteiger partial charge in [-0.15, -0.1) is 0 Å². The summed E-state index contributed by atoms with van der Waals surface area (Å²) < 4.78 is 0. The van der Waals surface area contributed by atoms with E-state index in [1.807, 2.05) is 30.3 Å². The standard InChI is InChI=1S/C24H30Cl2N2O/c1-17(2)14-23(18-6-4-3-5-7-18)27-24(29)19-10-12-28(13-11-19)16-20-8-9-21(25)15-22(20)26/h3-9,15,17,19,23H,10-14,16H2,1-2H3,(H,27,29). The van der Waals surface area contributed by atoms with Gasteiger partial charge >= 0.3 is 0 Å². The predicted molar refractivity (Wildman–Crippen MR) is 121 cm³/mol. The fourth-order valence-corrected chi connectivity index (χ4v) is 4.44. The molecule has 1 heterocycles. The molecule has 1 atom stereocenters. The van der Waals surface area contributed by atoms with Gasteiger partial charge in [0.1, 0.15) is 0 Å². The van der Waals surface area contributed by atoms with Crippen LogP contribution in [0.2, 0.25) is 10.0 Å². The normalized spacial score (nSPS) is 16.7. The van der Waals surface area contributed by atoms with Crippen molar-refractivity contribution in [2.75, 3.05) is 13.1 Å². The number of carbonyl (C=O) groups excluding carboxylic acids is 1. The van der Waals surface area contributed by atoms with E-state index in [4.69, 9.17) is 23.2 Å². The molecule has 1 saturated heterocycles. The Morgan fingerprint density at radius 2 is 1.79 bits per heavy atom.